The third-order valence-electron chi connectivity index (χ3n) is 5.00. The highest BCUT2D eigenvalue weighted by molar-refractivity contribution is 7.83. The monoisotopic (exact) mass is 460 g/mol. The number of benzene rings is 1. The molecule has 0 bridgehead atoms. The number of amides is 2. The number of furan rings is 2. The van der Waals surface area contributed by atoms with Crippen molar-refractivity contribution in [3.63, 3.8) is 0 Å². The van der Waals surface area contributed by atoms with Crippen LogP contribution in [0.2, 0.25) is 5.02 Å². The Hall–Kier alpha value is -2.84. The van der Waals surface area contributed by atoms with Gasteiger partial charge in [-0.1, -0.05) is 23.7 Å². The largest absolute Gasteiger partial charge is 0.459 e. The number of carbonyl (C=O) groups is 2. The number of hydrogen-bond donors (Lipinski definition) is 0. The molecule has 1 atom stereocenters. The van der Waals surface area contributed by atoms with E-state index < -0.39 is 10.8 Å². The van der Waals surface area contributed by atoms with Gasteiger partial charge in [-0.15, -0.1) is 0 Å². The van der Waals surface area contributed by atoms with Crippen LogP contribution in [0, 0.1) is 0 Å². The van der Waals surface area contributed by atoms with Gasteiger partial charge in [0, 0.05) is 47.8 Å². The molecule has 0 spiro atoms. The number of halogens is 1. The van der Waals surface area contributed by atoms with Crippen molar-refractivity contribution in [1.82, 2.24) is 9.80 Å². The minimum absolute atomic E-state index is 0.180. The summed E-state index contributed by atoms with van der Waals surface area (Å²) in [7, 11) is -1.17. The maximum Gasteiger partial charge on any atom is 0.289 e. The van der Waals surface area contributed by atoms with Crippen molar-refractivity contribution in [3.05, 3.63) is 82.7 Å². The molecule has 2 amide bonds. The lowest BCUT2D eigenvalue weighted by molar-refractivity contribution is 0.0501. The molecule has 0 unspecified atom stereocenters. The lowest BCUT2D eigenvalue weighted by Gasteiger charge is -2.33. The van der Waals surface area contributed by atoms with Gasteiger partial charge in [0.2, 0.25) is 0 Å². The predicted molar refractivity (Wildman–Crippen MR) is 116 cm³/mol. The average molecular weight is 461 g/mol. The molecule has 0 radical (unpaired) electrons. The fraction of sp³-hybridized carbons (Fsp3) is 0.273. The topological polar surface area (TPSA) is 84.0 Å². The number of nitrogens with zero attached hydrogens (tertiary/aromatic N) is 2. The van der Waals surface area contributed by atoms with E-state index >= 15 is 0 Å². The highest BCUT2D eigenvalue weighted by Gasteiger charge is 2.28. The van der Waals surface area contributed by atoms with Crippen LogP contribution in [-0.2, 0) is 22.3 Å². The average Bonchev–Trinajstić information content (AvgIpc) is 3.47. The van der Waals surface area contributed by atoms with Gasteiger partial charge in [-0.3, -0.25) is 13.8 Å². The molecule has 1 fully saturated rings. The molecule has 9 heteroatoms. The summed E-state index contributed by atoms with van der Waals surface area (Å²) >= 11 is 5.87. The Morgan fingerprint density at radius 1 is 0.871 bits per heavy atom. The van der Waals surface area contributed by atoms with Gasteiger partial charge >= 0.3 is 0 Å². The van der Waals surface area contributed by atoms with Crippen molar-refractivity contribution >= 4 is 34.2 Å². The molecular weight excluding hydrogens is 440 g/mol. The van der Waals surface area contributed by atoms with E-state index in [-0.39, 0.29) is 23.3 Å². The lowest BCUT2D eigenvalue weighted by atomic mass is 10.2. The fourth-order valence-electron chi connectivity index (χ4n) is 3.37. The highest BCUT2D eigenvalue weighted by Crippen LogP contribution is 2.17. The van der Waals surface area contributed by atoms with Gasteiger partial charge in [-0.25, -0.2) is 0 Å². The number of rotatable bonds is 6. The zero-order valence-electron chi connectivity index (χ0n) is 16.7. The van der Waals surface area contributed by atoms with Crippen LogP contribution in [-0.4, -0.2) is 52.0 Å². The summed E-state index contributed by atoms with van der Waals surface area (Å²) in [5.74, 6) is 1.20. The summed E-state index contributed by atoms with van der Waals surface area (Å²) < 4.78 is 23.2. The molecule has 1 aromatic carbocycles. The Morgan fingerprint density at radius 3 is 2.13 bits per heavy atom. The van der Waals surface area contributed by atoms with Crippen LogP contribution in [0.5, 0.6) is 0 Å². The molecule has 4 rings (SSSR count). The van der Waals surface area contributed by atoms with Crippen molar-refractivity contribution in [3.8, 4) is 0 Å². The van der Waals surface area contributed by atoms with E-state index in [1.807, 2.05) is 12.1 Å². The molecule has 7 nitrogen and oxygen atoms in total. The molecule has 0 saturated carbocycles. The minimum Gasteiger partial charge on any atom is -0.459 e. The van der Waals surface area contributed by atoms with Gasteiger partial charge in [0.05, 0.1) is 12.0 Å². The molecule has 0 aliphatic carbocycles. The Kier molecular flexibility index (Phi) is 6.58. The highest BCUT2D eigenvalue weighted by atomic mass is 35.5. The van der Waals surface area contributed by atoms with Crippen LogP contribution in [0.3, 0.4) is 0 Å². The second-order valence-electron chi connectivity index (χ2n) is 7.18. The molecule has 1 aliphatic heterocycles. The summed E-state index contributed by atoms with van der Waals surface area (Å²) in [6.45, 7) is 1.65. The summed E-state index contributed by atoms with van der Waals surface area (Å²) in [5.41, 5.74) is 0.924. The smallest absolute Gasteiger partial charge is 0.289 e. The standard InChI is InChI=1S/C22H21ClN2O5S/c23-17-5-3-16(4-6-17)14-31(28)15-18-7-8-20(30-18)22(27)25-11-9-24(10-12-25)21(26)19-2-1-13-29-19/h1-8,13H,9-12,14-15H2/t31-/m0/s1. The Balaban J connectivity index is 1.29. The summed E-state index contributed by atoms with van der Waals surface area (Å²) in [6, 6.07) is 13.8. The van der Waals surface area contributed by atoms with Crippen molar-refractivity contribution in [1.29, 1.82) is 0 Å². The van der Waals surface area contributed by atoms with Crippen molar-refractivity contribution in [2.75, 3.05) is 26.2 Å². The van der Waals surface area contributed by atoms with Crippen molar-refractivity contribution < 1.29 is 22.6 Å². The van der Waals surface area contributed by atoms with Crippen LogP contribution in [0.1, 0.15) is 32.4 Å². The number of carbonyl (C=O) groups excluding carboxylic acids is 2. The second-order valence-corrected chi connectivity index (χ2v) is 9.08. The van der Waals surface area contributed by atoms with Gasteiger partial charge in [-0.05, 0) is 42.0 Å². The normalized spacial score (nSPS) is 15.1. The van der Waals surface area contributed by atoms with Crippen LogP contribution in [0.15, 0.2) is 63.6 Å². The predicted octanol–water partition coefficient (Wildman–Crippen LogP) is 3.57. The SMILES string of the molecule is O=C(c1ccco1)N1CCN(C(=O)c2ccc(C[S@@](=O)Cc3ccc(Cl)cc3)o2)CC1. The van der Waals surface area contributed by atoms with Gasteiger partial charge in [0.25, 0.3) is 11.8 Å². The van der Waals surface area contributed by atoms with Gasteiger partial charge in [0.1, 0.15) is 5.76 Å². The first-order valence-electron chi connectivity index (χ1n) is 9.80. The molecule has 1 saturated heterocycles. The van der Waals surface area contributed by atoms with Crippen LogP contribution >= 0.6 is 11.6 Å². The summed E-state index contributed by atoms with van der Waals surface area (Å²) in [4.78, 5) is 28.4. The number of piperazine rings is 1. The maximum atomic E-state index is 12.7. The minimum atomic E-state index is -1.17. The maximum absolute atomic E-state index is 12.7. The number of hydrogen-bond acceptors (Lipinski definition) is 5. The van der Waals surface area contributed by atoms with Crippen LogP contribution in [0.25, 0.3) is 0 Å². The fourth-order valence-corrected chi connectivity index (χ4v) is 4.64. The Labute approximate surface area is 187 Å². The molecular formula is C22H21ClN2O5S. The van der Waals surface area contributed by atoms with Crippen LogP contribution in [0.4, 0.5) is 0 Å². The van der Waals surface area contributed by atoms with Gasteiger partial charge in [0.15, 0.2) is 11.5 Å². The van der Waals surface area contributed by atoms with Gasteiger partial charge in [-0.2, -0.15) is 0 Å². The molecule has 0 N–H and O–H groups in total. The zero-order valence-corrected chi connectivity index (χ0v) is 18.2. The van der Waals surface area contributed by atoms with E-state index in [9.17, 15) is 13.8 Å². The van der Waals surface area contributed by atoms with E-state index in [1.54, 1.807) is 46.2 Å². The molecule has 162 valence electrons. The van der Waals surface area contributed by atoms with Crippen LogP contribution < -0.4 is 0 Å². The first-order valence-corrected chi connectivity index (χ1v) is 11.7. The first kappa shape index (κ1) is 21.4. The van der Waals surface area contributed by atoms with E-state index in [4.69, 9.17) is 20.4 Å². The quantitative estimate of drug-likeness (QED) is 0.561. The third kappa shape index (κ3) is 5.26. The zero-order chi connectivity index (χ0) is 21.8. The van der Waals surface area contributed by atoms with E-state index in [0.29, 0.717) is 48.5 Å². The Bertz CT molecular complexity index is 1070. The van der Waals surface area contributed by atoms with E-state index in [2.05, 4.69) is 0 Å². The second kappa shape index (κ2) is 9.53. The lowest BCUT2D eigenvalue weighted by Crippen LogP contribution is -2.50. The molecule has 3 aromatic rings. The molecule has 3 heterocycles. The molecule has 1 aliphatic rings. The summed E-state index contributed by atoms with van der Waals surface area (Å²) in [5, 5.41) is 0.634. The summed E-state index contributed by atoms with van der Waals surface area (Å²) in [6.07, 6.45) is 1.46. The van der Waals surface area contributed by atoms with Crippen molar-refractivity contribution in [2.45, 2.75) is 11.5 Å². The molecule has 2 aromatic heterocycles. The van der Waals surface area contributed by atoms with E-state index in [1.165, 1.54) is 6.26 Å². The Morgan fingerprint density at radius 2 is 1.52 bits per heavy atom. The molecule has 31 heavy (non-hydrogen) atoms. The van der Waals surface area contributed by atoms with E-state index in [0.717, 1.165) is 5.56 Å². The van der Waals surface area contributed by atoms with Gasteiger partial charge < -0.3 is 18.6 Å². The third-order valence-corrected chi connectivity index (χ3v) is 6.52. The van der Waals surface area contributed by atoms with Crippen molar-refractivity contribution in [2.24, 2.45) is 0 Å². The first-order chi connectivity index (χ1) is 15.0.